The molecule has 0 amide bonds. The summed E-state index contributed by atoms with van der Waals surface area (Å²) in [5.41, 5.74) is 1.51. The van der Waals surface area contributed by atoms with Crippen LogP contribution in [0.2, 0.25) is 0 Å². The lowest BCUT2D eigenvalue weighted by molar-refractivity contribution is 0.515. The standard InChI is InChI=1S/C32H58/c1-3-4-5-6-7-8-9-10-11-12-13-14-15-16-17-18-19-20-21-22-23-25-28-31(2)32-29-26-24-27-30-32/h24,26-27,29-31H,3-23,25,28H2,1-2H3. The van der Waals surface area contributed by atoms with Crippen LogP contribution in [0.25, 0.3) is 0 Å². The lowest BCUT2D eigenvalue weighted by Gasteiger charge is -2.11. The highest BCUT2D eigenvalue weighted by Crippen LogP contribution is 2.22. The monoisotopic (exact) mass is 442 g/mol. The lowest BCUT2D eigenvalue weighted by Crippen LogP contribution is -1.93. The maximum atomic E-state index is 2.38. The second-order valence-corrected chi connectivity index (χ2v) is 10.5. The maximum Gasteiger partial charge on any atom is -0.0190 e. The number of hydrogen-bond donors (Lipinski definition) is 0. The zero-order chi connectivity index (χ0) is 23.0. The summed E-state index contributed by atoms with van der Waals surface area (Å²) in [6.07, 6.45) is 33.6. The summed E-state index contributed by atoms with van der Waals surface area (Å²) in [6.45, 7) is 4.69. The Kier molecular flexibility index (Phi) is 21.4. The van der Waals surface area contributed by atoms with Crippen LogP contribution in [0, 0.1) is 0 Å². The molecule has 32 heavy (non-hydrogen) atoms. The summed E-state index contributed by atoms with van der Waals surface area (Å²) in [5.74, 6) is 0.723. The Bertz CT molecular complexity index is 462. The fraction of sp³-hybridized carbons (Fsp3) is 0.812. The molecular weight excluding hydrogens is 384 g/mol. The Morgan fingerprint density at radius 2 is 0.750 bits per heavy atom. The van der Waals surface area contributed by atoms with Crippen LogP contribution >= 0.6 is 0 Å². The van der Waals surface area contributed by atoms with Crippen LogP contribution in [-0.4, -0.2) is 0 Å². The first kappa shape index (κ1) is 29.3. The highest BCUT2D eigenvalue weighted by atomic mass is 14.1. The van der Waals surface area contributed by atoms with E-state index in [2.05, 4.69) is 44.2 Å². The fourth-order valence-electron chi connectivity index (χ4n) is 5.01. The van der Waals surface area contributed by atoms with Crippen molar-refractivity contribution in [3.8, 4) is 0 Å². The largest absolute Gasteiger partial charge is 0.0654 e. The van der Waals surface area contributed by atoms with E-state index in [4.69, 9.17) is 0 Å². The lowest BCUT2D eigenvalue weighted by atomic mass is 9.95. The van der Waals surface area contributed by atoms with Gasteiger partial charge in [-0.05, 0) is 17.9 Å². The molecule has 0 radical (unpaired) electrons. The van der Waals surface area contributed by atoms with Gasteiger partial charge in [0.2, 0.25) is 0 Å². The van der Waals surface area contributed by atoms with Gasteiger partial charge in [0.15, 0.2) is 0 Å². The molecule has 0 heteroatoms. The number of hydrogen-bond acceptors (Lipinski definition) is 0. The van der Waals surface area contributed by atoms with Crippen molar-refractivity contribution < 1.29 is 0 Å². The normalized spacial score (nSPS) is 12.3. The summed E-state index contributed by atoms with van der Waals surface area (Å²) in [4.78, 5) is 0. The van der Waals surface area contributed by atoms with E-state index in [0.29, 0.717) is 0 Å². The summed E-state index contributed by atoms with van der Waals surface area (Å²) < 4.78 is 0. The summed E-state index contributed by atoms with van der Waals surface area (Å²) in [6, 6.07) is 11.0. The van der Waals surface area contributed by atoms with Gasteiger partial charge in [0.05, 0.1) is 0 Å². The molecule has 0 aromatic heterocycles. The highest BCUT2D eigenvalue weighted by molar-refractivity contribution is 5.18. The van der Waals surface area contributed by atoms with Crippen molar-refractivity contribution in [2.24, 2.45) is 0 Å². The van der Waals surface area contributed by atoms with Gasteiger partial charge in [-0.2, -0.15) is 0 Å². The van der Waals surface area contributed by atoms with E-state index in [1.807, 2.05) is 0 Å². The number of benzene rings is 1. The van der Waals surface area contributed by atoms with Crippen LogP contribution < -0.4 is 0 Å². The first-order valence-electron chi connectivity index (χ1n) is 14.9. The molecule has 1 aromatic carbocycles. The molecule has 0 spiro atoms. The van der Waals surface area contributed by atoms with Gasteiger partial charge in [0.1, 0.15) is 0 Å². The molecule has 1 rings (SSSR count). The second-order valence-electron chi connectivity index (χ2n) is 10.5. The first-order valence-corrected chi connectivity index (χ1v) is 14.9. The van der Waals surface area contributed by atoms with Crippen molar-refractivity contribution in [3.63, 3.8) is 0 Å². The molecule has 0 saturated carbocycles. The van der Waals surface area contributed by atoms with Crippen molar-refractivity contribution in [2.75, 3.05) is 0 Å². The van der Waals surface area contributed by atoms with Crippen molar-refractivity contribution in [1.29, 1.82) is 0 Å². The van der Waals surface area contributed by atoms with Crippen molar-refractivity contribution in [3.05, 3.63) is 35.9 Å². The number of rotatable bonds is 24. The van der Waals surface area contributed by atoms with E-state index in [0.717, 1.165) is 5.92 Å². The summed E-state index contributed by atoms with van der Waals surface area (Å²) >= 11 is 0. The molecule has 1 atom stereocenters. The minimum absolute atomic E-state index is 0.723. The minimum Gasteiger partial charge on any atom is -0.0654 e. The SMILES string of the molecule is CCCCCCCCCCCCCCCCCCCCCCCCC(C)c1ccccc1. The van der Waals surface area contributed by atoms with Crippen molar-refractivity contribution >= 4 is 0 Å². The smallest absolute Gasteiger partial charge is 0.0190 e. The molecule has 1 aromatic rings. The highest BCUT2D eigenvalue weighted by Gasteiger charge is 2.04. The van der Waals surface area contributed by atoms with E-state index in [-0.39, 0.29) is 0 Å². The molecule has 0 fully saturated rings. The Morgan fingerprint density at radius 1 is 0.438 bits per heavy atom. The van der Waals surface area contributed by atoms with Crippen molar-refractivity contribution in [2.45, 2.75) is 167 Å². The van der Waals surface area contributed by atoms with E-state index in [9.17, 15) is 0 Å². The topological polar surface area (TPSA) is 0 Å². The molecule has 1 unspecified atom stereocenters. The van der Waals surface area contributed by atoms with Crippen LogP contribution in [-0.2, 0) is 0 Å². The third-order valence-electron chi connectivity index (χ3n) is 7.36. The van der Waals surface area contributed by atoms with Crippen LogP contribution in [0.1, 0.15) is 173 Å². The third kappa shape index (κ3) is 18.8. The molecule has 0 N–H and O–H groups in total. The quantitative estimate of drug-likeness (QED) is 0.140. The van der Waals surface area contributed by atoms with Gasteiger partial charge in [0, 0.05) is 0 Å². The van der Waals surface area contributed by atoms with E-state index in [1.165, 1.54) is 153 Å². The Balaban J connectivity index is 1.69. The fourth-order valence-corrected chi connectivity index (χ4v) is 5.01. The average Bonchev–Trinajstić information content (AvgIpc) is 2.82. The maximum absolute atomic E-state index is 2.38. The van der Waals surface area contributed by atoms with Crippen LogP contribution in [0.4, 0.5) is 0 Å². The molecular formula is C32H58. The van der Waals surface area contributed by atoms with Crippen molar-refractivity contribution in [1.82, 2.24) is 0 Å². The average molecular weight is 443 g/mol. The van der Waals surface area contributed by atoms with Crippen LogP contribution in [0.3, 0.4) is 0 Å². The Labute approximate surface area is 203 Å². The van der Waals surface area contributed by atoms with Gasteiger partial charge >= 0.3 is 0 Å². The molecule has 0 bridgehead atoms. The molecule has 0 aliphatic heterocycles. The molecule has 0 nitrogen and oxygen atoms in total. The van der Waals surface area contributed by atoms with Gasteiger partial charge in [-0.1, -0.05) is 185 Å². The van der Waals surface area contributed by atoms with E-state index in [1.54, 1.807) is 0 Å². The zero-order valence-corrected chi connectivity index (χ0v) is 22.2. The molecule has 0 saturated heterocycles. The van der Waals surface area contributed by atoms with Crippen LogP contribution in [0.5, 0.6) is 0 Å². The molecule has 0 aliphatic rings. The molecule has 186 valence electrons. The number of unbranched alkanes of at least 4 members (excludes halogenated alkanes) is 21. The zero-order valence-electron chi connectivity index (χ0n) is 22.2. The molecule has 0 aliphatic carbocycles. The molecule has 0 heterocycles. The first-order chi connectivity index (χ1) is 15.8. The van der Waals surface area contributed by atoms with Crippen LogP contribution in [0.15, 0.2) is 30.3 Å². The van der Waals surface area contributed by atoms with Gasteiger partial charge in [-0.3, -0.25) is 0 Å². The predicted octanol–water partition coefficient (Wildman–Crippen LogP) is 11.8. The second kappa shape index (κ2) is 23.4. The van der Waals surface area contributed by atoms with E-state index >= 15 is 0 Å². The van der Waals surface area contributed by atoms with Gasteiger partial charge in [-0.15, -0.1) is 0 Å². The third-order valence-corrected chi connectivity index (χ3v) is 7.36. The minimum atomic E-state index is 0.723. The summed E-state index contributed by atoms with van der Waals surface area (Å²) in [7, 11) is 0. The Morgan fingerprint density at radius 3 is 1.09 bits per heavy atom. The van der Waals surface area contributed by atoms with E-state index < -0.39 is 0 Å². The van der Waals surface area contributed by atoms with Gasteiger partial charge in [-0.25, -0.2) is 0 Å². The Hall–Kier alpha value is -0.780. The van der Waals surface area contributed by atoms with Gasteiger partial charge < -0.3 is 0 Å². The predicted molar refractivity (Wildman–Crippen MR) is 147 cm³/mol. The summed E-state index contributed by atoms with van der Waals surface area (Å²) in [5, 5.41) is 0. The van der Waals surface area contributed by atoms with Gasteiger partial charge in [0.25, 0.3) is 0 Å².